The molecule has 0 bridgehead atoms. The monoisotopic (exact) mass is 297 g/mol. The van der Waals surface area contributed by atoms with Crippen LogP contribution in [0.25, 0.3) is 0 Å². The maximum absolute atomic E-state index is 5.62. The zero-order valence-corrected chi connectivity index (χ0v) is 13.6. The third kappa shape index (κ3) is 5.49. The maximum atomic E-state index is 5.62. The van der Waals surface area contributed by atoms with Crippen molar-refractivity contribution in [2.45, 2.75) is 50.6 Å². The Morgan fingerprint density at radius 2 is 1.71 bits per heavy atom. The molecule has 2 saturated heterocycles. The van der Waals surface area contributed by atoms with Crippen LogP contribution in [0.2, 0.25) is 0 Å². The molecule has 2 aliphatic rings. The van der Waals surface area contributed by atoms with Crippen LogP contribution in [-0.2, 0) is 0 Å². The molecule has 0 aromatic heterocycles. The summed E-state index contributed by atoms with van der Waals surface area (Å²) in [4.78, 5) is 5.34. The molecular weight excluding hydrogens is 262 g/mol. The van der Waals surface area contributed by atoms with Gasteiger partial charge in [-0.25, -0.2) is 0 Å². The Labute approximate surface area is 130 Å². The number of nitrogens with zero attached hydrogens (tertiary/aromatic N) is 2. The number of nitrogens with two attached hydrogens (primary N) is 2. The highest BCUT2D eigenvalue weighted by atomic mass is 15.3. The standard InChI is InChI=1S/C16H35N5/c17-7-1-3-10-20-13-9-19-15(14-20)16-6-5-12-21(16)11-4-2-8-18/h15-16,19H,1-14,17-18H2. The van der Waals surface area contributed by atoms with Gasteiger partial charge in [-0.05, 0) is 71.2 Å². The van der Waals surface area contributed by atoms with Gasteiger partial charge in [-0.3, -0.25) is 4.90 Å². The van der Waals surface area contributed by atoms with Crippen LogP contribution in [0.4, 0.5) is 0 Å². The lowest BCUT2D eigenvalue weighted by Crippen LogP contribution is -2.58. The van der Waals surface area contributed by atoms with Crippen molar-refractivity contribution >= 4 is 0 Å². The first kappa shape index (κ1) is 17.2. The van der Waals surface area contributed by atoms with Gasteiger partial charge in [0.15, 0.2) is 0 Å². The molecule has 2 unspecified atom stereocenters. The normalized spacial score (nSPS) is 28.3. The zero-order valence-electron chi connectivity index (χ0n) is 13.6. The second-order valence-electron chi connectivity index (χ2n) is 6.60. The highest BCUT2D eigenvalue weighted by Gasteiger charge is 2.33. The predicted molar refractivity (Wildman–Crippen MR) is 89.4 cm³/mol. The van der Waals surface area contributed by atoms with Crippen molar-refractivity contribution in [3.63, 3.8) is 0 Å². The summed E-state index contributed by atoms with van der Waals surface area (Å²) in [7, 11) is 0. The summed E-state index contributed by atoms with van der Waals surface area (Å²) in [6.45, 7) is 8.93. The van der Waals surface area contributed by atoms with E-state index in [1.165, 1.54) is 58.4 Å². The minimum absolute atomic E-state index is 0.650. The molecule has 0 amide bonds. The topological polar surface area (TPSA) is 70.5 Å². The molecule has 0 saturated carbocycles. The fraction of sp³-hybridized carbons (Fsp3) is 1.00. The van der Waals surface area contributed by atoms with Crippen LogP contribution in [-0.4, -0.2) is 74.2 Å². The van der Waals surface area contributed by atoms with Crippen molar-refractivity contribution in [2.24, 2.45) is 11.5 Å². The van der Waals surface area contributed by atoms with Crippen molar-refractivity contribution in [1.82, 2.24) is 15.1 Å². The third-order valence-corrected chi connectivity index (χ3v) is 5.00. The number of unbranched alkanes of at least 4 members (excludes halogenated alkanes) is 2. The Morgan fingerprint density at radius 1 is 0.952 bits per heavy atom. The molecule has 2 rings (SSSR count). The SMILES string of the molecule is NCCCCN1CCNC(C2CCCN2CCCCN)C1. The van der Waals surface area contributed by atoms with E-state index in [9.17, 15) is 0 Å². The van der Waals surface area contributed by atoms with E-state index in [2.05, 4.69) is 15.1 Å². The first-order valence-corrected chi connectivity index (χ1v) is 8.95. The van der Waals surface area contributed by atoms with Gasteiger partial charge in [-0.15, -0.1) is 0 Å². The first-order valence-electron chi connectivity index (χ1n) is 8.95. The summed E-state index contributed by atoms with van der Waals surface area (Å²) in [5.41, 5.74) is 11.2. The first-order chi connectivity index (χ1) is 10.3. The van der Waals surface area contributed by atoms with E-state index >= 15 is 0 Å². The zero-order chi connectivity index (χ0) is 14.9. The summed E-state index contributed by atoms with van der Waals surface area (Å²) in [6.07, 6.45) is 7.53. The van der Waals surface area contributed by atoms with Gasteiger partial charge in [-0.1, -0.05) is 0 Å². The third-order valence-electron chi connectivity index (χ3n) is 5.00. The molecule has 2 aliphatic heterocycles. The molecule has 0 radical (unpaired) electrons. The van der Waals surface area contributed by atoms with Crippen LogP contribution in [0.15, 0.2) is 0 Å². The van der Waals surface area contributed by atoms with Gasteiger partial charge in [0.1, 0.15) is 0 Å². The lowest BCUT2D eigenvalue weighted by atomic mass is 10.0. The average molecular weight is 297 g/mol. The Hall–Kier alpha value is -0.200. The van der Waals surface area contributed by atoms with Crippen LogP contribution in [0.3, 0.4) is 0 Å². The predicted octanol–water partition coefficient (Wildman–Crippen LogP) is 0.202. The number of hydrogen-bond donors (Lipinski definition) is 3. The number of hydrogen-bond acceptors (Lipinski definition) is 5. The molecular formula is C16H35N5. The van der Waals surface area contributed by atoms with Gasteiger partial charge >= 0.3 is 0 Å². The van der Waals surface area contributed by atoms with Gasteiger partial charge in [0.2, 0.25) is 0 Å². The molecule has 2 fully saturated rings. The molecule has 5 nitrogen and oxygen atoms in total. The highest BCUT2D eigenvalue weighted by molar-refractivity contribution is 4.93. The minimum atomic E-state index is 0.650. The van der Waals surface area contributed by atoms with Crippen molar-refractivity contribution in [2.75, 3.05) is 52.4 Å². The second-order valence-corrected chi connectivity index (χ2v) is 6.60. The molecule has 124 valence electrons. The fourth-order valence-corrected chi connectivity index (χ4v) is 3.83. The molecule has 21 heavy (non-hydrogen) atoms. The molecule has 0 aromatic rings. The van der Waals surface area contributed by atoms with E-state index < -0.39 is 0 Å². The van der Waals surface area contributed by atoms with E-state index in [-0.39, 0.29) is 0 Å². The molecule has 2 atom stereocenters. The van der Waals surface area contributed by atoms with Crippen molar-refractivity contribution < 1.29 is 0 Å². The lowest BCUT2D eigenvalue weighted by molar-refractivity contribution is 0.128. The quantitative estimate of drug-likeness (QED) is 0.531. The lowest BCUT2D eigenvalue weighted by Gasteiger charge is -2.40. The Kier molecular flexibility index (Phi) is 7.96. The van der Waals surface area contributed by atoms with E-state index in [1.54, 1.807) is 0 Å². The maximum Gasteiger partial charge on any atom is 0.0351 e. The van der Waals surface area contributed by atoms with E-state index in [0.717, 1.165) is 38.5 Å². The van der Waals surface area contributed by atoms with Gasteiger partial charge in [0.25, 0.3) is 0 Å². The second kappa shape index (κ2) is 9.74. The largest absolute Gasteiger partial charge is 0.330 e. The smallest absolute Gasteiger partial charge is 0.0351 e. The molecule has 0 spiro atoms. The molecule has 0 aliphatic carbocycles. The summed E-state index contributed by atoms with van der Waals surface area (Å²) in [6, 6.07) is 1.39. The van der Waals surface area contributed by atoms with Crippen LogP contribution >= 0.6 is 0 Å². The number of piperazine rings is 1. The summed E-state index contributed by atoms with van der Waals surface area (Å²) in [5.74, 6) is 0. The van der Waals surface area contributed by atoms with Crippen LogP contribution < -0.4 is 16.8 Å². The Bertz CT molecular complexity index is 273. The van der Waals surface area contributed by atoms with Gasteiger partial charge in [-0.2, -0.15) is 0 Å². The van der Waals surface area contributed by atoms with E-state index in [4.69, 9.17) is 11.5 Å². The number of likely N-dealkylation sites (tertiary alicyclic amines) is 1. The van der Waals surface area contributed by atoms with E-state index in [1.807, 2.05) is 0 Å². The highest BCUT2D eigenvalue weighted by Crippen LogP contribution is 2.22. The number of nitrogens with one attached hydrogen (secondary N) is 1. The molecule has 0 aromatic carbocycles. The minimum Gasteiger partial charge on any atom is -0.330 e. The van der Waals surface area contributed by atoms with Crippen LogP contribution in [0.5, 0.6) is 0 Å². The van der Waals surface area contributed by atoms with E-state index in [0.29, 0.717) is 6.04 Å². The molecule has 5 N–H and O–H groups in total. The Morgan fingerprint density at radius 3 is 2.48 bits per heavy atom. The van der Waals surface area contributed by atoms with Crippen molar-refractivity contribution in [3.05, 3.63) is 0 Å². The van der Waals surface area contributed by atoms with Gasteiger partial charge in [0, 0.05) is 31.7 Å². The van der Waals surface area contributed by atoms with Crippen molar-refractivity contribution in [1.29, 1.82) is 0 Å². The molecule has 5 heteroatoms. The summed E-state index contributed by atoms with van der Waals surface area (Å²) < 4.78 is 0. The fourth-order valence-electron chi connectivity index (χ4n) is 3.83. The van der Waals surface area contributed by atoms with Gasteiger partial charge in [0.05, 0.1) is 0 Å². The summed E-state index contributed by atoms with van der Waals surface area (Å²) >= 11 is 0. The van der Waals surface area contributed by atoms with Crippen LogP contribution in [0.1, 0.15) is 38.5 Å². The van der Waals surface area contributed by atoms with Gasteiger partial charge < -0.3 is 21.7 Å². The van der Waals surface area contributed by atoms with Crippen LogP contribution in [0, 0.1) is 0 Å². The average Bonchev–Trinajstić information content (AvgIpc) is 2.97. The molecule has 2 heterocycles. The van der Waals surface area contributed by atoms with Crippen molar-refractivity contribution in [3.8, 4) is 0 Å². The Balaban J connectivity index is 1.76. The number of rotatable bonds is 9. The summed E-state index contributed by atoms with van der Waals surface area (Å²) in [5, 5.41) is 3.77.